The highest BCUT2D eigenvalue weighted by atomic mass is 16.5. The van der Waals surface area contributed by atoms with Gasteiger partial charge in [-0.05, 0) is 51.2 Å². The molecule has 124 valence electrons. The van der Waals surface area contributed by atoms with Crippen molar-refractivity contribution in [3.63, 3.8) is 0 Å². The number of anilines is 1. The molecule has 0 bridgehead atoms. The Morgan fingerprint density at radius 2 is 2.00 bits per heavy atom. The van der Waals surface area contributed by atoms with Crippen LogP contribution in [0, 0.1) is 5.92 Å². The topological polar surface area (TPSA) is 70.7 Å². The summed E-state index contributed by atoms with van der Waals surface area (Å²) >= 11 is 0. The summed E-state index contributed by atoms with van der Waals surface area (Å²) in [7, 11) is 3.68. The van der Waals surface area contributed by atoms with E-state index in [1.807, 2.05) is 14.1 Å². The lowest BCUT2D eigenvalue weighted by Gasteiger charge is -2.39. The molecule has 0 unspecified atom stereocenters. The number of likely N-dealkylation sites (N-methyl/N-ethyl adjacent to an activating group) is 1. The van der Waals surface area contributed by atoms with E-state index in [0.29, 0.717) is 29.8 Å². The second-order valence-corrected chi connectivity index (χ2v) is 6.54. The molecule has 0 spiro atoms. The minimum absolute atomic E-state index is 0.0634. The molecule has 6 nitrogen and oxygen atoms in total. The van der Waals surface area contributed by atoms with Crippen LogP contribution in [-0.2, 0) is 9.53 Å². The van der Waals surface area contributed by atoms with Gasteiger partial charge in [0.15, 0.2) is 0 Å². The molecule has 1 aromatic rings. The summed E-state index contributed by atoms with van der Waals surface area (Å²) in [4.78, 5) is 25.8. The van der Waals surface area contributed by atoms with Crippen LogP contribution in [0.5, 0.6) is 0 Å². The second kappa shape index (κ2) is 6.68. The van der Waals surface area contributed by atoms with Crippen molar-refractivity contribution in [2.45, 2.75) is 25.0 Å². The largest absolute Gasteiger partial charge is 0.378 e. The summed E-state index contributed by atoms with van der Waals surface area (Å²) in [6.07, 6.45) is 2.29. The molecular weight excluding hydrogens is 294 g/mol. The van der Waals surface area contributed by atoms with Gasteiger partial charge in [-0.3, -0.25) is 9.59 Å². The Labute approximate surface area is 136 Å². The zero-order chi connectivity index (χ0) is 16.4. The van der Waals surface area contributed by atoms with Crippen molar-refractivity contribution in [1.29, 1.82) is 0 Å². The number of rotatable bonds is 5. The van der Waals surface area contributed by atoms with Gasteiger partial charge in [-0.1, -0.05) is 0 Å². The molecule has 6 heteroatoms. The third kappa shape index (κ3) is 3.71. The second-order valence-electron chi connectivity index (χ2n) is 6.54. The summed E-state index contributed by atoms with van der Waals surface area (Å²) in [6.45, 7) is 1.14. The van der Waals surface area contributed by atoms with Gasteiger partial charge in [0.1, 0.15) is 0 Å². The lowest BCUT2D eigenvalue weighted by atomic mass is 9.76. The third-order valence-electron chi connectivity index (χ3n) is 4.47. The normalized spacial score (nSPS) is 25.6. The third-order valence-corrected chi connectivity index (χ3v) is 4.47. The molecule has 2 N–H and O–H groups in total. The van der Waals surface area contributed by atoms with E-state index in [1.54, 1.807) is 29.2 Å². The van der Waals surface area contributed by atoms with Gasteiger partial charge in [-0.2, -0.15) is 0 Å². The fraction of sp³-hybridized carbons (Fsp3) is 0.529. The Morgan fingerprint density at radius 3 is 2.65 bits per heavy atom. The molecule has 23 heavy (non-hydrogen) atoms. The molecule has 1 heterocycles. The smallest absolute Gasteiger partial charge is 0.251 e. The number of nitrogens with one attached hydrogen (secondary N) is 2. The van der Waals surface area contributed by atoms with Crippen molar-refractivity contribution in [2.24, 2.45) is 5.92 Å². The average Bonchev–Trinajstić information content (AvgIpc) is 2.85. The van der Waals surface area contributed by atoms with E-state index in [-0.39, 0.29) is 17.9 Å². The molecule has 0 aromatic heterocycles. The maximum absolute atomic E-state index is 12.3. The number of fused-ring (bicyclic) bond motifs is 1. The number of hydrogen-bond acceptors (Lipinski definition) is 4. The molecule has 1 aliphatic heterocycles. The van der Waals surface area contributed by atoms with Crippen molar-refractivity contribution in [2.75, 3.05) is 32.6 Å². The van der Waals surface area contributed by atoms with Crippen molar-refractivity contribution >= 4 is 17.5 Å². The molecule has 1 saturated heterocycles. The Balaban J connectivity index is 1.52. The van der Waals surface area contributed by atoms with E-state index >= 15 is 0 Å². The summed E-state index contributed by atoms with van der Waals surface area (Å²) in [5, 5.41) is 5.88. The first-order chi connectivity index (χ1) is 11.0. The molecule has 2 fully saturated rings. The summed E-state index contributed by atoms with van der Waals surface area (Å²) < 4.78 is 5.55. The standard InChI is InChI=1S/C17H23N3O3/c1-20(2)10-16(21)18-12-5-3-11(4-6-12)17(22)19-14-9-15-13(14)7-8-23-15/h3-6,13-15H,7-10H2,1-2H3,(H,18,21)(H,19,22)/t13-,14+,15+/m0/s1. The van der Waals surface area contributed by atoms with Gasteiger partial charge >= 0.3 is 0 Å². The number of benzene rings is 1. The van der Waals surface area contributed by atoms with E-state index in [1.165, 1.54) is 0 Å². The Morgan fingerprint density at radius 1 is 1.26 bits per heavy atom. The summed E-state index contributed by atoms with van der Waals surface area (Å²) in [6, 6.07) is 7.22. The zero-order valence-corrected chi connectivity index (χ0v) is 13.5. The molecule has 2 aliphatic rings. The molecule has 1 aliphatic carbocycles. The zero-order valence-electron chi connectivity index (χ0n) is 13.5. The fourth-order valence-electron chi connectivity index (χ4n) is 3.21. The van der Waals surface area contributed by atoms with Gasteiger partial charge in [0.25, 0.3) is 5.91 Å². The molecule has 1 saturated carbocycles. The monoisotopic (exact) mass is 317 g/mol. The fourth-order valence-corrected chi connectivity index (χ4v) is 3.21. The number of carbonyl (C=O) groups excluding carboxylic acids is 2. The first kappa shape index (κ1) is 16.0. The van der Waals surface area contributed by atoms with Crippen molar-refractivity contribution in [1.82, 2.24) is 10.2 Å². The van der Waals surface area contributed by atoms with Gasteiger partial charge in [-0.25, -0.2) is 0 Å². The van der Waals surface area contributed by atoms with Crippen LogP contribution in [0.15, 0.2) is 24.3 Å². The number of carbonyl (C=O) groups is 2. The predicted molar refractivity (Wildman–Crippen MR) is 87.3 cm³/mol. The van der Waals surface area contributed by atoms with E-state index in [4.69, 9.17) is 4.74 Å². The van der Waals surface area contributed by atoms with Gasteiger partial charge < -0.3 is 20.3 Å². The number of hydrogen-bond donors (Lipinski definition) is 2. The van der Waals surface area contributed by atoms with Crippen LogP contribution in [0.1, 0.15) is 23.2 Å². The minimum atomic E-state index is -0.0751. The van der Waals surface area contributed by atoms with Gasteiger partial charge in [0.2, 0.25) is 5.91 Å². The number of nitrogens with zero attached hydrogens (tertiary/aromatic N) is 1. The van der Waals surface area contributed by atoms with Crippen LogP contribution in [0.2, 0.25) is 0 Å². The van der Waals surface area contributed by atoms with Crippen LogP contribution in [0.25, 0.3) is 0 Å². The molecular formula is C17H23N3O3. The number of amides is 2. The SMILES string of the molecule is CN(C)CC(=O)Nc1ccc(C(=O)N[C@@H]2C[C@H]3OCC[C@@H]23)cc1. The number of ether oxygens (including phenoxy) is 1. The van der Waals surface area contributed by atoms with Crippen LogP contribution in [0.3, 0.4) is 0 Å². The lowest BCUT2D eigenvalue weighted by molar-refractivity contribution is -0.116. The molecule has 0 radical (unpaired) electrons. The van der Waals surface area contributed by atoms with E-state index in [0.717, 1.165) is 19.4 Å². The molecule has 1 aromatic carbocycles. The Hall–Kier alpha value is -1.92. The van der Waals surface area contributed by atoms with Crippen molar-refractivity contribution in [3.8, 4) is 0 Å². The van der Waals surface area contributed by atoms with Crippen LogP contribution in [-0.4, -0.2) is 56.1 Å². The van der Waals surface area contributed by atoms with Crippen LogP contribution in [0.4, 0.5) is 5.69 Å². The van der Waals surface area contributed by atoms with Crippen molar-refractivity contribution in [3.05, 3.63) is 29.8 Å². The summed E-state index contributed by atoms with van der Waals surface area (Å²) in [5.41, 5.74) is 1.30. The first-order valence-corrected chi connectivity index (χ1v) is 8.00. The molecule has 3 rings (SSSR count). The van der Waals surface area contributed by atoms with Gasteiger partial charge in [0.05, 0.1) is 12.6 Å². The Bertz CT molecular complexity index is 585. The first-order valence-electron chi connectivity index (χ1n) is 8.00. The maximum atomic E-state index is 12.3. The van der Waals surface area contributed by atoms with E-state index in [2.05, 4.69) is 10.6 Å². The highest BCUT2D eigenvalue weighted by Crippen LogP contribution is 2.38. The molecule has 2 amide bonds. The quantitative estimate of drug-likeness (QED) is 0.853. The van der Waals surface area contributed by atoms with E-state index < -0.39 is 0 Å². The maximum Gasteiger partial charge on any atom is 0.251 e. The highest BCUT2D eigenvalue weighted by Gasteiger charge is 2.45. The van der Waals surface area contributed by atoms with Gasteiger partial charge in [0, 0.05) is 29.8 Å². The van der Waals surface area contributed by atoms with Gasteiger partial charge in [-0.15, -0.1) is 0 Å². The van der Waals surface area contributed by atoms with E-state index in [9.17, 15) is 9.59 Å². The van der Waals surface area contributed by atoms with Crippen LogP contribution >= 0.6 is 0 Å². The Kier molecular flexibility index (Phi) is 4.63. The molecule has 3 atom stereocenters. The summed E-state index contributed by atoms with van der Waals surface area (Å²) in [5.74, 6) is 0.337. The minimum Gasteiger partial charge on any atom is -0.378 e. The van der Waals surface area contributed by atoms with Crippen LogP contribution < -0.4 is 10.6 Å². The van der Waals surface area contributed by atoms with Crippen molar-refractivity contribution < 1.29 is 14.3 Å². The predicted octanol–water partition coefficient (Wildman–Crippen LogP) is 1.09. The lowest BCUT2D eigenvalue weighted by Crippen LogP contribution is -2.53. The highest BCUT2D eigenvalue weighted by molar-refractivity contribution is 5.96. The average molecular weight is 317 g/mol.